The monoisotopic (exact) mass is 321 g/mol. The van der Waals surface area contributed by atoms with Gasteiger partial charge < -0.3 is 19.9 Å². The summed E-state index contributed by atoms with van der Waals surface area (Å²) < 4.78 is 11.0. The van der Waals surface area contributed by atoms with E-state index in [4.69, 9.17) is 14.6 Å². The van der Waals surface area contributed by atoms with Crippen LogP contribution in [0.1, 0.15) is 26.7 Å². The van der Waals surface area contributed by atoms with Crippen LogP contribution < -0.4 is 14.8 Å². The lowest BCUT2D eigenvalue weighted by atomic mass is 10.2. The number of hydrogen-bond donors (Lipinski definition) is 2. The molecule has 6 heteroatoms. The van der Waals surface area contributed by atoms with Gasteiger partial charge in [0.25, 0.3) is 5.91 Å². The van der Waals surface area contributed by atoms with E-state index in [0.717, 1.165) is 12.8 Å². The predicted octanol–water partition coefficient (Wildman–Crippen LogP) is 2.08. The second-order valence-electron chi connectivity index (χ2n) is 6.19. The normalized spacial score (nSPS) is 15.1. The molecule has 0 spiro atoms. The number of carbonyl (C=O) groups is 2. The van der Waals surface area contributed by atoms with E-state index in [1.807, 2.05) is 6.07 Å². The standard InChI is InChI=1S/C17H23NO5/c1-11(2)9-22-13-4-3-5-14(8-13)23-10-15(19)18-16(17(20)21)12-6-7-12/h3-5,8,11-12,16H,6-7,9-10H2,1-2H3,(H,18,19)(H,20,21). The minimum absolute atomic E-state index is 0.0456. The SMILES string of the molecule is CC(C)COc1cccc(OCC(=O)NC(C(=O)O)C2CC2)c1. The maximum Gasteiger partial charge on any atom is 0.326 e. The Morgan fingerprint density at radius 3 is 2.48 bits per heavy atom. The van der Waals surface area contributed by atoms with Crippen molar-refractivity contribution in [1.82, 2.24) is 5.32 Å². The van der Waals surface area contributed by atoms with E-state index < -0.39 is 17.9 Å². The molecule has 0 radical (unpaired) electrons. The highest BCUT2D eigenvalue weighted by atomic mass is 16.5. The molecule has 1 fully saturated rings. The second kappa shape index (κ2) is 7.85. The van der Waals surface area contributed by atoms with Crippen molar-refractivity contribution in [2.75, 3.05) is 13.2 Å². The number of carboxylic acid groups (broad SMARTS) is 1. The zero-order chi connectivity index (χ0) is 16.8. The topological polar surface area (TPSA) is 84.9 Å². The Kier molecular flexibility index (Phi) is 5.84. The molecule has 1 amide bonds. The fraction of sp³-hybridized carbons (Fsp3) is 0.529. The van der Waals surface area contributed by atoms with Gasteiger partial charge in [-0.05, 0) is 36.8 Å². The number of aliphatic carboxylic acids is 1. The highest BCUT2D eigenvalue weighted by Gasteiger charge is 2.37. The molecule has 2 N–H and O–H groups in total. The van der Waals surface area contributed by atoms with Crippen molar-refractivity contribution in [3.8, 4) is 11.5 Å². The van der Waals surface area contributed by atoms with Gasteiger partial charge in [0.15, 0.2) is 6.61 Å². The number of rotatable bonds is 9. The van der Waals surface area contributed by atoms with Gasteiger partial charge in [-0.1, -0.05) is 19.9 Å². The van der Waals surface area contributed by atoms with Crippen molar-refractivity contribution in [2.45, 2.75) is 32.7 Å². The van der Waals surface area contributed by atoms with Crippen LogP contribution in [0.3, 0.4) is 0 Å². The summed E-state index contributed by atoms with van der Waals surface area (Å²) in [5.41, 5.74) is 0. The lowest BCUT2D eigenvalue weighted by molar-refractivity contribution is -0.142. The summed E-state index contributed by atoms with van der Waals surface area (Å²) in [4.78, 5) is 22.9. The third-order valence-electron chi connectivity index (χ3n) is 3.43. The van der Waals surface area contributed by atoms with Crippen LogP contribution in [0.2, 0.25) is 0 Å². The Morgan fingerprint density at radius 2 is 1.91 bits per heavy atom. The maximum atomic E-state index is 11.8. The third-order valence-corrected chi connectivity index (χ3v) is 3.43. The van der Waals surface area contributed by atoms with Crippen LogP contribution in [0.15, 0.2) is 24.3 Å². The zero-order valence-corrected chi connectivity index (χ0v) is 13.5. The van der Waals surface area contributed by atoms with Crippen LogP contribution in [-0.2, 0) is 9.59 Å². The Balaban J connectivity index is 1.81. The van der Waals surface area contributed by atoms with E-state index in [-0.39, 0.29) is 12.5 Å². The summed E-state index contributed by atoms with van der Waals surface area (Å²) in [6.07, 6.45) is 1.68. The third kappa shape index (κ3) is 5.81. The van der Waals surface area contributed by atoms with E-state index in [1.165, 1.54) is 0 Å². The summed E-state index contributed by atoms with van der Waals surface area (Å²) in [5.74, 6) is 0.227. The number of nitrogens with one attached hydrogen (secondary N) is 1. The largest absolute Gasteiger partial charge is 0.493 e. The molecule has 6 nitrogen and oxygen atoms in total. The van der Waals surface area contributed by atoms with E-state index in [2.05, 4.69) is 19.2 Å². The van der Waals surface area contributed by atoms with Crippen LogP contribution in [-0.4, -0.2) is 36.2 Å². The second-order valence-corrected chi connectivity index (χ2v) is 6.19. The van der Waals surface area contributed by atoms with Gasteiger partial charge in [0.1, 0.15) is 17.5 Å². The number of carbonyl (C=O) groups excluding carboxylic acids is 1. The molecule has 1 aliphatic rings. The van der Waals surface area contributed by atoms with Gasteiger partial charge in [0, 0.05) is 6.07 Å². The van der Waals surface area contributed by atoms with Crippen LogP contribution in [0.25, 0.3) is 0 Å². The Labute approximate surface area is 135 Å². The summed E-state index contributed by atoms with van der Waals surface area (Å²) in [5, 5.41) is 11.6. The summed E-state index contributed by atoms with van der Waals surface area (Å²) >= 11 is 0. The summed E-state index contributed by atoms with van der Waals surface area (Å²) in [7, 11) is 0. The first-order valence-corrected chi connectivity index (χ1v) is 7.83. The molecule has 1 unspecified atom stereocenters. The van der Waals surface area contributed by atoms with Crippen LogP contribution in [0.5, 0.6) is 11.5 Å². The van der Waals surface area contributed by atoms with Gasteiger partial charge in [-0.2, -0.15) is 0 Å². The molecule has 1 aliphatic carbocycles. The van der Waals surface area contributed by atoms with Crippen LogP contribution in [0.4, 0.5) is 0 Å². The fourth-order valence-electron chi connectivity index (χ4n) is 2.09. The fourth-order valence-corrected chi connectivity index (χ4v) is 2.09. The molecule has 1 aromatic rings. The maximum absolute atomic E-state index is 11.8. The predicted molar refractivity (Wildman–Crippen MR) is 84.6 cm³/mol. The van der Waals surface area contributed by atoms with E-state index in [0.29, 0.717) is 24.0 Å². The molecule has 0 heterocycles. The van der Waals surface area contributed by atoms with E-state index >= 15 is 0 Å². The summed E-state index contributed by atoms with van der Waals surface area (Å²) in [6, 6.07) is 6.23. The van der Waals surface area contributed by atoms with Crippen LogP contribution in [0, 0.1) is 11.8 Å². The van der Waals surface area contributed by atoms with Crippen molar-refractivity contribution >= 4 is 11.9 Å². The lowest BCUT2D eigenvalue weighted by Gasteiger charge is -2.14. The first kappa shape index (κ1) is 17.1. The molecular weight excluding hydrogens is 298 g/mol. The number of carboxylic acids is 1. The lowest BCUT2D eigenvalue weighted by Crippen LogP contribution is -2.44. The molecular formula is C17H23NO5. The van der Waals surface area contributed by atoms with Crippen molar-refractivity contribution in [3.05, 3.63) is 24.3 Å². The van der Waals surface area contributed by atoms with Gasteiger partial charge in [0.2, 0.25) is 0 Å². The Hall–Kier alpha value is -2.24. The molecule has 0 bridgehead atoms. The molecule has 23 heavy (non-hydrogen) atoms. The average Bonchev–Trinajstić information content (AvgIpc) is 3.33. The zero-order valence-electron chi connectivity index (χ0n) is 13.5. The average molecular weight is 321 g/mol. The van der Waals surface area contributed by atoms with E-state index in [9.17, 15) is 9.59 Å². The highest BCUT2D eigenvalue weighted by molar-refractivity contribution is 5.84. The molecule has 1 atom stereocenters. The van der Waals surface area contributed by atoms with Crippen molar-refractivity contribution < 1.29 is 24.2 Å². The Morgan fingerprint density at radius 1 is 1.26 bits per heavy atom. The number of hydrogen-bond acceptors (Lipinski definition) is 4. The number of ether oxygens (including phenoxy) is 2. The first-order valence-electron chi connectivity index (χ1n) is 7.83. The smallest absolute Gasteiger partial charge is 0.326 e. The molecule has 1 saturated carbocycles. The van der Waals surface area contributed by atoms with Gasteiger partial charge in [0.05, 0.1) is 6.61 Å². The van der Waals surface area contributed by atoms with Gasteiger partial charge in [-0.3, -0.25) is 4.79 Å². The van der Waals surface area contributed by atoms with Gasteiger partial charge >= 0.3 is 5.97 Å². The minimum atomic E-state index is -0.995. The number of benzene rings is 1. The minimum Gasteiger partial charge on any atom is -0.493 e. The Bertz CT molecular complexity index is 554. The van der Waals surface area contributed by atoms with Gasteiger partial charge in [-0.15, -0.1) is 0 Å². The molecule has 0 saturated heterocycles. The molecule has 126 valence electrons. The van der Waals surface area contributed by atoms with Crippen LogP contribution >= 0.6 is 0 Å². The van der Waals surface area contributed by atoms with Crippen molar-refractivity contribution in [2.24, 2.45) is 11.8 Å². The van der Waals surface area contributed by atoms with Gasteiger partial charge in [-0.25, -0.2) is 4.79 Å². The van der Waals surface area contributed by atoms with E-state index in [1.54, 1.807) is 18.2 Å². The van der Waals surface area contributed by atoms with Crippen molar-refractivity contribution in [3.63, 3.8) is 0 Å². The summed E-state index contributed by atoms with van der Waals surface area (Å²) in [6.45, 7) is 4.50. The first-order chi connectivity index (χ1) is 11.0. The quantitative estimate of drug-likeness (QED) is 0.727. The molecule has 2 rings (SSSR count). The number of amides is 1. The molecule has 0 aromatic heterocycles. The highest BCUT2D eigenvalue weighted by Crippen LogP contribution is 2.32. The van der Waals surface area contributed by atoms with Crippen molar-refractivity contribution in [1.29, 1.82) is 0 Å². The molecule has 1 aromatic carbocycles. The molecule has 0 aliphatic heterocycles.